The Kier molecular flexibility index (Phi) is 9.43. The van der Waals surface area contributed by atoms with Crippen molar-refractivity contribution in [1.82, 2.24) is 10.6 Å². The summed E-state index contributed by atoms with van der Waals surface area (Å²) >= 11 is 0. The molecule has 0 saturated carbocycles. The predicted octanol–water partition coefficient (Wildman–Crippen LogP) is 4.15. The molecule has 0 aliphatic heterocycles. The van der Waals surface area contributed by atoms with Gasteiger partial charge in [0.25, 0.3) is 0 Å². The van der Waals surface area contributed by atoms with E-state index in [9.17, 15) is 0 Å². The fourth-order valence-electron chi connectivity index (χ4n) is 2.34. The van der Waals surface area contributed by atoms with E-state index in [2.05, 4.69) is 59.8 Å². The quantitative estimate of drug-likeness (QED) is 0.397. The summed E-state index contributed by atoms with van der Waals surface area (Å²) in [5, 5.41) is 6.70. The number of guanidine groups is 1. The molecule has 1 atom stereocenters. The molecule has 0 saturated heterocycles. The van der Waals surface area contributed by atoms with Crippen molar-refractivity contribution in [3.63, 3.8) is 0 Å². The van der Waals surface area contributed by atoms with Crippen molar-refractivity contribution in [2.24, 2.45) is 4.99 Å². The molecule has 5 heteroatoms. The summed E-state index contributed by atoms with van der Waals surface area (Å²) in [5.41, 5.74) is 1.36. The average molecular weight is 427 g/mol. The molecule has 23 heavy (non-hydrogen) atoms. The van der Waals surface area contributed by atoms with Crippen LogP contribution in [0.5, 0.6) is 0 Å². The SMILES string of the molecule is CCNC(=NCc1ccco1)NCC(CC)c1ccccc1.I. The van der Waals surface area contributed by atoms with Gasteiger partial charge in [0.2, 0.25) is 0 Å². The van der Waals surface area contributed by atoms with Crippen molar-refractivity contribution in [2.75, 3.05) is 13.1 Å². The Morgan fingerprint density at radius 1 is 1.09 bits per heavy atom. The van der Waals surface area contributed by atoms with Crippen LogP contribution in [0.3, 0.4) is 0 Å². The summed E-state index contributed by atoms with van der Waals surface area (Å²) in [5.74, 6) is 2.18. The van der Waals surface area contributed by atoms with Crippen LogP contribution in [0.4, 0.5) is 0 Å². The molecule has 0 fully saturated rings. The van der Waals surface area contributed by atoms with E-state index < -0.39 is 0 Å². The molecule has 0 aliphatic carbocycles. The molecular formula is C18H26IN3O. The molecule has 2 aromatic rings. The number of furan rings is 1. The first-order chi connectivity index (χ1) is 10.8. The Labute approximate surface area is 155 Å². The highest BCUT2D eigenvalue weighted by Crippen LogP contribution is 2.17. The van der Waals surface area contributed by atoms with E-state index in [1.54, 1.807) is 6.26 Å². The van der Waals surface area contributed by atoms with Gasteiger partial charge in [-0.2, -0.15) is 0 Å². The van der Waals surface area contributed by atoms with Crippen molar-refractivity contribution in [3.05, 3.63) is 60.1 Å². The number of nitrogens with zero attached hydrogens (tertiary/aromatic N) is 1. The molecule has 0 spiro atoms. The molecule has 0 aliphatic rings. The van der Waals surface area contributed by atoms with Crippen LogP contribution in [-0.4, -0.2) is 19.0 Å². The molecule has 2 N–H and O–H groups in total. The van der Waals surface area contributed by atoms with Crippen LogP contribution in [-0.2, 0) is 6.54 Å². The first-order valence-electron chi connectivity index (χ1n) is 7.93. The Hall–Kier alpha value is -1.50. The summed E-state index contributed by atoms with van der Waals surface area (Å²) in [7, 11) is 0. The zero-order valence-corrected chi connectivity index (χ0v) is 16.1. The maximum Gasteiger partial charge on any atom is 0.191 e. The second-order valence-corrected chi connectivity index (χ2v) is 5.17. The molecule has 0 amide bonds. The van der Waals surface area contributed by atoms with Crippen LogP contribution in [0.15, 0.2) is 58.1 Å². The second kappa shape index (κ2) is 11.1. The number of nitrogens with one attached hydrogen (secondary N) is 2. The van der Waals surface area contributed by atoms with Gasteiger partial charge in [-0.05, 0) is 31.0 Å². The van der Waals surface area contributed by atoms with Crippen molar-refractivity contribution in [2.45, 2.75) is 32.7 Å². The van der Waals surface area contributed by atoms with Gasteiger partial charge >= 0.3 is 0 Å². The molecule has 1 unspecified atom stereocenters. The fraction of sp³-hybridized carbons (Fsp3) is 0.389. The largest absolute Gasteiger partial charge is 0.467 e. The van der Waals surface area contributed by atoms with Gasteiger partial charge in [0, 0.05) is 19.0 Å². The summed E-state index contributed by atoms with van der Waals surface area (Å²) in [6.07, 6.45) is 2.77. The Bertz CT molecular complexity index is 555. The second-order valence-electron chi connectivity index (χ2n) is 5.17. The highest BCUT2D eigenvalue weighted by Gasteiger charge is 2.09. The predicted molar refractivity (Wildman–Crippen MR) is 106 cm³/mol. The van der Waals surface area contributed by atoms with E-state index in [1.165, 1.54) is 5.56 Å². The molecule has 0 bridgehead atoms. The fourth-order valence-corrected chi connectivity index (χ4v) is 2.34. The topological polar surface area (TPSA) is 49.6 Å². The highest BCUT2D eigenvalue weighted by atomic mass is 127. The maximum absolute atomic E-state index is 5.32. The lowest BCUT2D eigenvalue weighted by Crippen LogP contribution is -2.39. The monoisotopic (exact) mass is 427 g/mol. The van der Waals surface area contributed by atoms with E-state index in [1.807, 2.05) is 12.1 Å². The van der Waals surface area contributed by atoms with E-state index in [0.29, 0.717) is 12.5 Å². The van der Waals surface area contributed by atoms with Gasteiger partial charge < -0.3 is 15.1 Å². The average Bonchev–Trinajstić information content (AvgIpc) is 3.07. The Morgan fingerprint density at radius 3 is 2.48 bits per heavy atom. The van der Waals surface area contributed by atoms with Crippen LogP contribution in [0.1, 0.15) is 37.5 Å². The molecule has 4 nitrogen and oxygen atoms in total. The number of halogens is 1. The van der Waals surface area contributed by atoms with Crippen LogP contribution < -0.4 is 10.6 Å². The van der Waals surface area contributed by atoms with Crippen molar-refractivity contribution in [3.8, 4) is 0 Å². The number of benzene rings is 1. The standard InChI is InChI=1S/C18H25N3O.HI/c1-3-15(16-9-6-5-7-10-16)13-20-18(19-4-2)21-14-17-11-8-12-22-17;/h5-12,15H,3-4,13-14H2,1-2H3,(H2,19,20,21);1H. The smallest absolute Gasteiger partial charge is 0.191 e. The van der Waals surface area contributed by atoms with E-state index in [0.717, 1.165) is 31.2 Å². The first-order valence-corrected chi connectivity index (χ1v) is 7.93. The third kappa shape index (κ3) is 6.64. The molecule has 126 valence electrons. The van der Waals surface area contributed by atoms with Crippen LogP contribution in [0.2, 0.25) is 0 Å². The van der Waals surface area contributed by atoms with Crippen LogP contribution >= 0.6 is 24.0 Å². The lowest BCUT2D eigenvalue weighted by atomic mass is 9.97. The molecule has 2 rings (SSSR count). The Morgan fingerprint density at radius 2 is 1.87 bits per heavy atom. The normalized spacial score (nSPS) is 12.3. The molecule has 1 aromatic heterocycles. The van der Waals surface area contributed by atoms with Crippen molar-refractivity contribution in [1.29, 1.82) is 0 Å². The van der Waals surface area contributed by atoms with Gasteiger partial charge in [0.05, 0.1) is 6.26 Å². The third-order valence-electron chi connectivity index (χ3n) is 3.60. The van der Waals surface area contributed by atoms with E-state index in [4.69, 9.17) is 4.42 Å². The number of rotatable bonds is 7. The summed E-state index contributed by atoms with van der Waals surface area (Å²) in [6.45, 7) is 6.53. The van der Waals surface area contributed by atoms with Gasteiger partial charge in [-0.15, -0.1) is 24.0 Å². The zero-order valence-electron chi connectivity index (χ0n) is 13.8. The van der Waals surface area contributed by atoms with Crippen LogP contribution in [0.25, 0.3) is 0 Å². The minimum absolute atomic E-state index is 0. The maximum atomic E-state index is 5.32. The van der Waals surface area contributed by atoms with Gasteiger partial charge in [-0.1, -0.05) is 37.3 Å². The zero-order chi connectivity index (χ0) is 15.6. The lowest BCUT2D eigenvalue weighted by molar-refractivity contribution is 0.511. The lowest BCUT2D eigenvalue weighted by Gasteiger charge is -2.18. The first kappa shape index (κ1) is 19.5. The summed E-state index contributed by atoms with van der Waals surface area (Å²) in [4.78, 5) is 4.56. The minimum atomic E-state index is 0. The van der Waals surface area contributed by atoms with Gasteiger partial charge in [0.15, 0.2) is 5.96 Å². The molecular weight excluding hydrogens is 401 g/mol. The molecule has 0 radical (unpaired) electrons. The van der Waals surface area contributed by atoms with Gasteiger partial charge in [-0.25, -0.2) is 4.99 Å². The van der Waals surface area contributed by atoms with Gasteiger partial charge in [-0.3, -0.25) is 0 Å². The molecule has 1 aromatic carbocycles. The van der Waals surface area contributed by atoms with Gasteiger partial charge in [0.1, 0.15) is 12.3 Å². The number of hydrogen-bond acceptors (Lipinski definition) is 2. The number of aliphatic imine (C=N–C) groups is 1. The Balaban J connectivity index is 0.00000264. The van der Waals surface area contributed by atoms with Crippen LogP contribution in [0, 0.1) is 0 Å². The van der Waals surface area contributed by atoms with E-state index in [-0.39, 0.29) is 24.0 Å². The van der Waals surface area contributed by atoms with E-state index >= 15 is 0 Å². The summed E-state index contributed by atoms with van der Waals surface area (Å²) in [6, 6.07) is 14.4. The third-order valence-corrected chi connectivity index (χ3v) is 3.60. The highest BCUT2D eigenvalue weighted by molar-refractivity contribution is 14.0. The number of hydrogen-bond donors (Lipinski definition) is 2. The van der Waals surface area contributed by atoms with Crippen molar-refractivity contribution < 1.29 is 4.42 Å². The molecule has 1 heterocycles. The minimum Gasteiger partial charge on any atom is -0.467 e. The summed E-state index contributed by atoms with van der Waals surface area (Å²) < 4.78 is 5.32. The van der Waals surface area contributed by atoms with Crippen molar-refractivity contribution >= 4 is 29.9 Å².